The Morgan fingerprint density at radius 3 is 2.54 bits per heavy atom. The molecule has 0 amide bonds. The molecule has 0 aliphatic rings. The second-order valence-corrected chi connectivity index (χ2v) is 7.90. The minimum absolute atomic E-state index is 0.169. The molecule has 134 valence electrons. The summed E-state index contributed by atoms with van der Waals surface area (Å²) in [5, 5.41) is 11.4. The van der Waals surface area contributed by atoms with Crippen LogP contribution in [-0.4, -0.2) is 24.8 Å². The zero-order valence-electron chi connectivity index (χ0n) is 14.2. The van der Waals surface area contributed by atoms with Gasteiger partial charge in [-0.2, -0.15) is 18.6 Å². The van der Waals surface area contributed by atoms with Crippen LogP contribution < -0.4 is 4.83 Å². The second kappa shape index (κ2) is 7.31. The molecule has 0 radical (unpaired) electrons. The first-order chi connectivity index (χ1) is 12.4. The molecule has 0 bridgehead atoms. The number of hydrazone groups is 1. The van der Waals surface area contributed by atoms with E-state index in [1.165, 1.54) is 6.21 Å². The molecule has 0 aliphatic carbocycles. The molecule has 0 saturated carbocycles. The van der Waals surface area contributed by atoms with Crippen LogP contribution >= 0.6 is 11.6 Å². The topological polar surface area (TPSA) is 87.2 Å². The van der Waals surface area contributed by atoms with Gasteiger partial charge in [-0.1, -0.05) is 29.8 Å². The van der Waals surface area contributed by atoms with Crippen molar-refractivity contribution in [3.63, 3.8) is 0 Å². The molecule has 8 heteroatoms. The summed E-state index contributed by atoms with van der Waals surface area (Å²) in [6.07, 6.45) is 2.98. The van der Waals surface area contributed by atoms with Crippen LogP contribution in [-0.2, 0) is 10.0 Å². The second-order valence-electron chi connectivity index (χ2n) is 5.81. The van der Waals surface area contributed by atoms with Gasteiger partial charge in [0.15, 0.2) is 0 Å². The van der Waals surface area contributed by atoms with E-state index >= 15 is 0 Å². The molecule has 0 aliphatic heterocycles. The molecule has 0 spiro atoms. The van der Waals surface area contributed by atoms with E-state index in [1.807, 2.05) is 26.0 Å². The van der Waals surface area contributed by atoms with Crippen LogP contribution in [0.3, 0.4) is 0 Å². The number of hydrogen-bond donors (Lipinski definition) is 2. The smallest absolute Gasteiger partial charge is 0.276 e. The minimum Gasteiger partial charge on any atom is -0.277 e. The molecule has 0 fully saturated rings. The molecular weight excluding hydrogens is 372 g/mol. The van der Waals surface area contributed by atoms with Gasteiger partial charge in [0, 0.05) is 16.1 Å². The van der Waals surface area contributed by atoms with Crippen LogP contribution in [0.4, 0.5) is 0 Å². The number of hydrogen-bond acceptors (Lipinski definition) is 4. The molecule has 2 aromatic carbocycles. The van der Waals surface area contributed by atoms with Crippen molar-refractivity contribution in [2.45, 2.75) is 18.7 Å². The first-order valence-corrected chi connectivity index (χ1v) is 9.64. The number of aromatic amines is 1. The van der Waals surface area contributed by atoms with E-state index in [0.29, 0.717) is 10.6 Å². The first kappa shape index (κ1) is 18.2. The number of sulfonamides is 1. The quantitative estimate of drug-likeness (QED) is 0.516. The Kier molecular flexibility index (Phi) is 5.11. The van der Waals surface area contributed by atoms with Crippen molar-refractivity contribution in [2.75, 3.05) is 0 Å². The van der Waals surface area contributed by atoms with Crippen molar-refractivity contribution in [1.29, 1.82) is 0 Å². The number of benzene rings is 2. The lowest BCUT2D eigenvalue weighted by molar-refractivity contribution is 0.584. The van der Waals surface area contributed by atoms with E-state index in [-0.39, 0.29) is 4.90 Å². The third-order valence-electron chi connectivity index (χ3n) is 3.97. The van der Waals surface area contributed by atoms with E-state index in [4.69, 9.17) is 11.6 Å². The van der Waals surface area contributed by atoms with Gasteiger partial charge in [-0.25, -0.2) is 4.83 Å². The Morgan fingerprint density at radius 1 is 1.12 bits per heavy atom. The number of rotatable bonds is 5. The predicted octanol–water partition coefficient (Wildman–Crippen LogP) is 3.66. The SMILES string of the molecule is Cc1ccc(S(=O)(=O)NN=Cc2cn[nH]c2-c2ccc(Cl)cc2)cc1C. The fourth-order valence-corrected chi connectivity index (χ4v) is 3.34. The zero-order chi connectivity index (χ0) is 18.7. The van der Waals surface area contributed by atoms with Gasteiger partial charge in [0.25, 0.3) is 10.0 Å². The van der Waals surface area contributed by atoms with Gasteiger partial charge in [0.05, 0.1) is 23.0 Å². The number of H-pyrrole nitrogens is 1. The molecule has 0 unspecified atom stereocenters. The van der Waals surface area contributed by atoms with Gasteiger partial charge in [0.1, 0.15) is 0 Å². The minimum atomic E-state index is -3.73. The Hall–Kier alpha value is -2.64. The van der Waals surface area contributed by atoms with Gasteiger partial charge >= 0.3 is 0 Å². The van der Waals surface area contributed by atoms with Gasteiger partial charge in [-0.15, -0.1) is 0 Å². The Balaban J connectivity index is 1.80. The number of nitrogens with zero attached hydrogens (tertiary/aromatic N) is 2. The summed E-state index contributed by atoms with van der Waals surface area (Å²) in [6, 6.07) is 12.1. The molecule has 3 aromatic rings. The van der Waals surface area contributed by atoms with Crippen LogP contribution in [0.25, 0.3) is 11.3 Å². The van der Waals surface area contributed by atoms with Gasteiger partial charge in [-0.3, -0.25) is 5.10 Å². The number of aryl methyl sites for hydroxylation is 2. The normalized spacial score (nSPS) is 11.8. The Morgan fingerprint density at radius 2 is 1.85 bits per heavy atom. The monoisotopic (exact) mass is 388 g/mol. The fourth-order valence-electron chi connectivity index (χ4n) is 2.34. The highest BCUT2D eigenvalue weighted by atomic mass is 35.5. The largest absolute Gasteiger partial charge is 0.277 e. The van der Waals surface area contributed by atoms with Gasteiger partial charge in [0.2, 0.25) is 0 Å². The molecule has 3 rings (SSSR count). The van der Waals surface area contributed by atoms with Crippen molar-refractivity contribution < 1.29 is 8.42 Å². The van der Waals surface area contributed by atoms with E-state index in [9.17, 15) is 8.42 Å². The molecule has 2 N–H and O–H groups in total. The average Bonchev–Trinajstić information content (AvgIpc) is 3.06. The van der Waals surface area contributed by atoms with Crippen molar-refractivity contribution >= 4 is 27.8 Å². The van der Waals surface area contributed by atoms with Crippen LogP contribution in [0, 0.1) is 13.8 Å². The van der Waals surface area contributed by atoms with E-state index in [1.54, 1.807) is 36.5 Å². The first-order valence-electron chi connectivity index (χ1n) is 7.78. The lowest BCUT2D eigenvalue weighted by Gasteiger charge is -2.06. The summed E-state index contributed by atoms with van der Waals surface area (Å²) < 4.78 is 24.7. The van der Waals surface area contributed by atoms with Gasteiger partial charge in [-0.05, 0) is 49.2 Å². The van der Waals surface area contributed by atoms with Crippen LogP contribution in [0.5, 0.6) is 0 Å². The molecule has 6 nitrogen and oxygen atoms in total. The van der Waals surface area contributed by atoms with Crippen molar-refractivity contribution in [3.05, 3.63) is 70.4 Å². The maximum absolute atomic E-state index is 12.4. The average molecular weight is 389 g/mol. The van der Waals surface area contributed by atoms with Crippen LogP contribution in [0.15, 0.2) is 58.7 Å². The highest BCUT2D eigenvalue weighted by molar-refractivity contribution is 7.89. The molecular formula is C18H17ClN4O2S. The molecule has 1 aromatic heterocycles. The summed E-state index contributed by atoms with van der Waals surface area (Å²) >= 11 is 5.90. The standard InChI is InChI=1S/C18H17ClN4O2S/c1-12-3-8-17(9-13(12)2)26(24,25)23-21-11-15-10-20-22-18(15)14-4-6-16(19)7-5-14/h3-11,23H,1-2H3,(H,20,22). The lowest BCUT2D eigenvalue weighted by atomic mass is 10.1. The summed E-state index contributed by atoms with van der Waals surface area (Å²) in [4.78, 5) is 2.40. The van der Waals surface area contributed by atoms with E-state index in [0.717, 1.165) is 22.4 Å². The number of aromatic nitrogens is 2. The highest BCUT2D eigenvalue weighted by Gasteiger charge is 2.13. The van der Waals surface area contributed by atoms with Gasteiger partial charge < -0.3 is 0 Å². The van der Waals surface area contributed by atoms with Crippen molar-refractivity contribution in [3.8, 4) is 11.3 Å². The van der Waals surface area contributed by atoms with E-state index < -0.39 is 10.0 Å². The molecule has 26 heavy (non-hydrogen) atoms. The Bertz CT molecular complexity index is 1060. The van der Waals surface area contributed by atoms with Crippen molar-refractivity contribution in [1.82, 2.24) is 15.0 Å². The summed E-state index contributed by atoms with van der Waals surface area (Å²) in [7, 11) is -3.73. The summed E-state index contributed by atoms with van der Waals surface area (Å²) in [5.74, 6) is 0. The van der Waals surface area contributed by atoms with E-state index in [2.05, 4.69) is 20.1 Å². The fraction of sp³-hybridized carbons (Fsp3) is 0.111. The van der Waals surface area contributed by atoms with Crippen LogP contribution in [0.2, 0.25) is 5.02 Å². The number of nitrogens with one attached hydrogen (secondary N) is 2. The third kappa shape index (κ3) is 3.95. The lowest BCUT2D eigenvalue weighted by Crippen LogP contribution is -2.18. The maximum atomic E-state index is 12.4. The molecule has 0 saturated heterocycles. The van der Waals surface area contributed by atoms with Crippen LogP contribution in [0.1, 0.15) is 16.7 Å². The molecule has 1 heterocycles. The third-order valence-corrected chi connectivity index (χ3v) is 5.44. The Labute approximate surface area is 157 Å². The summed E-state index contributed by atoms with van der Waals surface area (Å²) in [6.45, 7) is 3.79. The predicted molar refractivity (Wildman–Crippen MR) is 103 cm³/mol. The highest BCUT2D eigenvalue weighted by Crippen LogP contribution is 2.22. The zero-order valence-corrected chi connectivity index (χ0v) is 15.8. The molecule has 0 atom stereocenters. The maximum Gasteiger partial charge on any atom is 0.276 e. The van der Waals surface area contributed by atoms with Crippen molar-refractivity contribution in [2.24, 2.45) is 5.10 Å². The number of halogens is 1. The summed E-state index contributed by atoms with van der Waals surface area (Å²) in [5.41, 5.74) is 4.16.